The van der Waals surface area contributed by atoms with E-state index in [1.165, 1.54) is 0 Å². The van der Waals surface area contributed by atoms with E-state index in [2.05, 4.69) is 26.1 Å². The molecule has 132 valence electrons. The normalized spacial score (nSPS) is 14.5. The summed E-state index contributed by atoms with van der Waals surface area (Å²) in [5, 5.41) is 2.88. The molecule has 0 radical (unpaired) electrons. The molecule has 5 heteroatoms. The Morgan fingerprint density at radius 1 is 1.21 bits per heavy atom. The van der Waals surface area contributed by atoms with Gasteiger partial charge in [-0.1, -0.05) is 26.8 Å². The summed E-state index contributed by atoms with van der Waals surface area (Å²) in [7, 11) is 0. The maximum atomic E-state index is 12.0. The van der Waals surface area contributed by atoms with Crippen molar-refractivity contribution in [3.63, 3.8) is 0 Å². The number of nitrogens with one attached hydrogen (secondary N) is 1. The zero-order valence-corrected chi connectivity index (χ0v) is 14.9. The number of carbonyl (C=O) groups is 2. The molecule has 2 amide bonds. The maximum absolute atomic E-state index is 12.0. The van der Waals surface area contributed by atoms with Crippen molar-refractivity contribution in [2.75, 3.05) is 25.0 Å². The molecule has 1 N–H and O–H groups in total. The molecule has 1 heterocycles. The Balaban J connectivity index is 1.82. The molecule has 0 aliphatic carbocycles. The summed E-state index contributed by atoms with van der Waals surface area (Å²) in [4.78, 5) is 25.8. The van der Waals surface area contributed by atoms with E-state index < -0.39 is 0 Å². The molecule has 1 aromatic rings. The number of hydrogen-bond donors (Lipinski definition) is 1. The number of rotatable bonds is 6. The second kappa shape index (κ2) is 8.18. The van der Waals surface area contributed by atoms with Crippen molar-refractivity contribution in [1.29, 1.82) is 0 Å². The Labute approximate surface area is 144 Å². The van der Waals surface area contributed by atoms with Crippen LogP contribution in [0.5, 0.6) is 5.75 Å². The van der Waals surface area contributed by atoms with E-state index in [9.17, 15) is 9.59 Å². The molecular formula is C19H28N2O3. The van der Waals surface area contributed by atoms with Gasteiger partial charge in [0.05, 0.1) is 0 Å². The van der Waals surface area contributed by atoms with E-state index >= 15 is 0 Å². The van der Waals surface area contributed by atoms with Crippen LogP contribution in [0.2, 0.25) is 0 Å². The molecule has 0 bridgehead atoms. The Kier molecular flexibility index (Phi) is 6.23. The van der Waals surface area contributed by atoms with Gasteiger partial charge in [-0.05, 0) is 36.8 Å². The minimum absolute atomic E-state index is 0.00443. The fourth-order valence-electron chi connectivity index (χ4n) is 2.58. The van der Waals surface area contributed by atoms with Gasteiger partial charge in [-0.3, -0.25) is 9.59 Å². The van der Waals surface area contributed by atoms with Crippen LogP contribution in [0.1, 0.15) is 46.5 Å². The second-order valence-corrected chi connectivity index (χ2v) is 7.51. The first-order chi connectivity index (χ1) is 11.3. The van der Waals surface area contributed by atoms with Crippen LogP contribution in [0.4, 0.5) is 5.69 Å². The van der Waals surface area contributed by atoms with Crippen molar-refractivity contribution in [3.05, 3.63) is 24.3 Å². The Bertz CT molecular complexity index is 572. The second-order valence-electron chi connectivity index (χ2n) is 7.51. The predicted octanol–water partition coefficient (Wildman–Crippen LogP) is 3.45. The van der Waals surface area contributed by atoms with Gasteiger partial charge in [-0.15, -0.1) is 0 Å². The molecule has 1 aromatic carbocycles. The maximum Gasteiger partial charge on any atom is 0.260 e. The zero-order chi connectivity index (χ0) is 17.6. The first kappa shape index (κ1) is 18.3. The highest BCUT2D eigenvalue weighted by atomic mass is 16.5. The highest BCUT2D eigenvalue weighted by Crippen LogP contribution is 2.22. The van der Waals surface area contributed by atoms with E-state index in [0.29, 0.717) is 17.9 Å². The van der Waals surface area contributed by atoms with E-state index in [1.54, 1.807) is 12.1 Å². The lowest BCUT2D eigenvalue weighted by Crippen LogP contribution is -2.32. The Morgan fingerprint density at radius 2 is 1.92 bits per heavy atom. The summed E-state index contributed by atoms with van der Waals surface area (Å²) >= 11 is 0. The summed E-state index contributed by atoms with van der Waals surface area (Å²) < 4.78 is 5.57. The van der Waals surface area contributed by atoms with Gasteiger partial charge in [-0.25, -0.2) is 0 Å². The average molecular weight is 332 g/mol. The number of amides is 2. The van der Waals surface area contributed by atoms with Crippen LogP contribution in [0.15, 0.2) is 24.3 Å². The van der Waals surface area contributed by atoms with Crippen LogP contribution in [-0.2, 0) is 9.59 Å². The first-order valence-corrected chi connectivity index (χ1v) is 8.64. The molecule has 1 aliphatic rings. The van der Waals surface area contributed by atoms with Gasteiger partial charge < -0.3 is 15.0 Å². The number of anilines is 1. The van der Waals surface area contributed by atoms with Gasteiger partial charge >= 0.3 is 0 Å². The summed E-state index contributed by atoms with van der Waals surface area (Å²) in [6, 6.07) is 7.19. The molecule has 5 nitrogen and oxygen atoms in total. The number of likely N-dealkylation sites (tertiary alicyclic amines) is 1. The summed E-state index contributed by atoms with van der Waals surface area (Å²) in [6.45, 7) is 8.05. The van der Waals surface area contributed by atoms with Gasteiger partial charge in [-0.2, -0.15) is 0 Å². The molecule has 1 aliphatic heterocycles. The highest BCUT2D eigenvalue weighted by molar-refractivity contribution is 5.90. The van der Waals surface area contributed by atoms with Gasteiger partial charge in [0.1, 0.15) is 5.75 Å². The van der Waals surface area contributed by atoms with Crippen LogP contribution in [0.25, 0.3) is 0 Å². The summed E-state index contributed by atoms with van der Waals surface area (Å²) in [6.07, 6.45) is 3.46. The third-order valence-electron chi connectivity index (χ3n) is 4.04. The molecule has 0 saturated carbocycles. The van der Waals surface area contributed by atoms with Crippen molar-refractivity contribution >= 4 is 17.5 Å². The fourth-order valence-corrected chi connectivity index (χ4v) is 2.58. The Morgan fingerprint density at radius 3 is 2.58 bits per heavy atom. The number of benzene rings is 1. The molecule has 0 aromatic heterocycles. The topological polar surface area (TPSA) is 58.6 Å². The number of hydrogen-bond acceptors (Lipinski definition) is 3. The van der Waals surface area contributed by atoms with E-state index in [-0.39, 0.29) is 23.8 Å². The molecule has 2 rings (SSSR count). The number of nitrogens with zero attached hydrogens (tertiary/aromatic N) is 1. The smallest absolute Gasteiger partial charge is 0.260 e. The number of ether oxygens (including phenoxy) is 1. The molecular weight excluding hydrogens is 304 g/mol. The van der Waals surface area contributed by atoms with E-state index in [4.69, 9.17) is 4.74 Å². The van der Waals surface area contributed by atoms with Crippen molar-refractivity contribution in [2.45, 2.75) is 46.5 Å². The lowest BCUT2D eigenvalue weighted by atomic mass is 9.90. The molecule has 0 spiro atoms. The van der Waals surface area contributed by atoms with E-state index in [1.807, 2.05) is 17.0 Å². The van der Waals surface area contributed by atoms with Crippen molar-refractivity contribution in [1.82, 2.24) is 4.90 Å². The third-order valence-corrected chi connectivity index (χ3v) is 4.04. The van der Waals surface area contributed by atoms with Crippen molar-refractivity contribution in [3.8, 4) is 5.75 Å². The van der Waals surface area contributed by atoms with Crippen LogP contribution in [-0.4, -0.2) is 36.4 Å². The fraction of sp³-hybridized carbons (Fsp3) is 0.579. The lowest BCUT2D eigenvalue weighted by Gasteiger charge is -2.17. The van der Waals surface area contributed by atoms with Crippen LogP contribution in [0, 0.1) is 5.41 Å². The largest absolute Gasteiger partial charge is 0.484 e. The molecule has 1 fully saturated rings. The standard InChI is InChI=1S/C19H28N2O3/c1-19(2,3)10-9-17(22)20-15-7-6-8-16(13-15)24-14-18(23)21-11-4-5-12-21/h6-8,13H,4-5,9-12,14H2,1-3H3,(H,20,22). The van der Waals surface area contributed by atoms with Gasteiger partial charge in [0, 0.05) is 31.3 Å². The third kappa shape index (κ3) is 6.22. The van der Waals surface area contributed by atoms with E-state index in [0.717, 1.165) is 32.4 Å². The highest BCUT2D eigenvalue weighted by Gasteiger charge is 2.18. The van der Waals surface area contributed by atoms with Gasteiger partial charge in [0.25, 0.3) is 5.91 Å². The zero-order valence-electron chi connectivity index (χ0n) is 14.9. The van der Waals surface area contributed by atoms with Crippen LogP contribution < -0.4 is 10.1 Å². The van der Waals surface area contributed by atoms with Gasteiger partial charge in [0.2, 0.25) is 5.91 Å². The minimum Gasteiger partial charge on any atom is -0.484 e. The molecule has 0 atom stereocenters. The van der Waals surface area contributed by atoms with Crippen LogP contribution in [0.3, 0.4) is 0 Å². The summed E-state index contributed by atoms with van der Waals surface area (Å²) in [5.74, 6) is 0.610. The first-order valence-electron chi connectivity index (χ1n) is 8.64. The number of carbonyl (C=O) groups excluding carboxylic acids is 2. The average Bonchev–Trinajstić information content (AvgIpc) is 3.05. The molecule has 0 unspecified atom stereocenters. The monoisotopic (exact) mass is 332 g/mol. The molecule has 1 saturated heterocycles. The van der Waals surface area contributed by atoms with Crippen molar-refractivity contribution < 1.29 is 14.3 Å². The summed E-state index contributed by atoms with van der Waals surface area (Å²) in [5.41, 5.74) is 0.832. The SMILES string of the molecule is CC(C)(C)CCC(=O)Nc1cccc(OCC(=O)N2CCCC2)c1. The quantitative estimate of drug-likeness (QED) is 0.868. The Hall–Kier alpha value is -2.04. The minimum atomic E-state index is -0.00443. The van der Waals surface area contributed by atoms with Crippen LogP contribution >= 0.6 is 0 Å². The predicted molar refractivity (Wildman–Crippen MR) is 95.1 cm³/mol. The van der Waals surface area contributed by atoms with Crippen molar-refractivity contribution in [2.24, 2.45) is 5.41 Å². The van der Waals surface area contributed by atoms with Gasteiger partial charge in [0.15, 0.2) is 6.61 Å². The molecule has 24 heavy (non-hydrogen) atoms. The lowest BCUT2D eigenvalue weighted by molar-refractivity contribution is -0.132.